The van der Waals surface area contributed by atoms with Crippen molar-refractivity contribution in [2.24, 2.45) is 0 Å². The summed E-state index contributed by atoms with van der Waals surface area (Å²) >= 11 is 0. The van der Waals surface area contributed by atoms with Gasteiger partial charge < -0.3 is 10.6 Å². The average molecular weight is 504 g/mol. The highest BCUT2D eigenvalue weighted by molar-refractivity contribution is 5.94. The molecule has 0 aliphatic heterocycles. The maximum Gasteiger partial charge on any atom is 0.253 e. The number of nitrogens with one attached hydrogen (secondary N) is 2. The Morgan fingerprint density at radius 3 is 1.89 bits per heavy atom. The summed E-state index contributed by atoms with van der Waals surface area (Å²) in [5.41, 5.74) is 0.588. The van der Waals surface area contributed by atoms with Crippen molar-refractivity contribution >= 4 is 11.8 Å². The van der Waals surface area contributed by atoms with Crippen LogP contribution in [0.2, 0.25) is 0 Å². The maximum absolute atomic E-state index is 12.3. The van der Waals surface area contributed by atoms with Gasteiger partial charge >= 0.3 is 0 Å². The van der Waals surface area contributed by atoms with Gasteiger partial charge in [0.15, 0.2) is 0 Å². The van der Waals surface area contributed by atoms with E-state index in [4.69, 9.17) is 0 Å². The van der Waals surface area contributed by atoms with Crippen LogP contribution < -0.4 is 10.6 Å². The van der Waals surface area contributed by atoms with E-state index in [0.717, 1.165) is 70.6 Å². The average Bonchev–Trinajstić information content (AvgIpc) is 2.92. The van der Waals surface area contributed by atoms with Crippen molar-refractivity contribution in [3.63, 3.8) is 0 Å². The first-order valence-electron chi connectivity index (χ1n) is 13.9. The molecule has 200 valence electrons. The standard InChI is InChI=1S/C32H45N3O2/c1-2-3-4-5-6-7-8-9-10-11-12-13-14-15-16-17-18-21-31(36)34-29-22-24-30(25-23-29)35-32(37)28-20-19-26-33-27-28/h3-4,6-7,9-10,12-13,15-16,19-20,26-27,29-30H,2,5,8,11,14,17-18,21-25H2,1H3,(H,34,36)(H,35,37)/b4-3-,7-6-,10-9-,13-12-,16-15-. The molecule has 2 amide bonds. The highest BCUT2D eigenvalue weighted by Crippen LogP contribution is 2.19. The topological polar surface area (TPSA) is 71.1 Å². The SMILES string of the molecule is CC/C=C\C/C=C\C/C=C\C/C=C\C/C=C\CCCC(=O)NC1CCC(NC(=O)c2cccnc2)CC1. The van der Waals surface area contributed by atoms with Crippen LogP contribution in [0.1, 0.15) is 94.3 Å². The van der Waals surface area contributed by atoms with Crippen LogP contribution >= 0.6 is 0 Å². The monoisotopic (exact) mass is 503 g/mol. The number of aromatic nitrogens is 1. The Morgan fingerprint density at radius 2 is 1.35 bits per heavy atom. The van der Waals surface area contributed by atoms with Crippen molar-refractivity contribution < 1.29 is 9.59 Å². The number of rotatable bonds is 16. The minimum Gasteiger partial charge on any atom is -0.353 e. The van der Waals surface area contributed by atoms with E-state index in [1.807, 2.05) is 0 Å². The molecule has 1 saturated carbocycles. The Balaban J connectivity index is 1.45. The van der Waals surface area contributed by atoms with E-state index in [-0.39, 0.29) is 23.9 Å². The molecule has 1 aliphatic carbocycles. The summed E-state index contributed by atoms with van der Waals surface area (Å²) in [6, 6.07) is 3.92. The van der Waals surface area contributed by atoms with Crippen LogP contribution in [0.4, 0.5) is 0 Å². The number of allylic oxidation sites excluding steroid dienone is 10. The van der Waals surface area contributed by atoms with Gasteiger partial charge in [-0.2, -0.15) is 0 Å². The Labute approximate surface area is 223 Å². The quantitative estimate of drug-likeness (QED) is 0.186. The largest absolute Gasteiger partial charge is 0.353 e. The summed E-state index contributed by atoms with van der Waals surface area (Å²) in [6.45, 7) is 2.15. The summed E-state index contributed by atoms with van der Waals surface area (Å²) < 4.78 is 0. The molecule has 1 aromatic heterocycles. The maximum atomic E-state index is 12.3. The summed E-state index contributed by atoms with van der Waals surface area (Å²) in [7, 11) is 0. The first-order valence-corrected chi connectivity index (χ1v) is 13.9. The molecule has 1 aliphatic rings. The second-order valence-electron chi connectivity index (χ2n) is 9.43. The van der Waals surface area contributed by atoms with Crippen LogP contribution in [0.3, 0.4) is 0 Å². The first-order chi connectivity index (χ1) is 18.2. The van der Waals surface area contributed by atoms with Crippen LogP contribution in [-0.4, -0.2) is 28.9 Å². The fourth-order valence-corrected chi connectivity index (χ4v) is 4.20. The predicted molar refractivity (Wildman–Crippen MR) is 154 cm³/mol. The van der Waals surface area contributed by atoms with E-state index in [2.05, 4.69) is 83.3 Å². The number of hydrogen-bond donors (Lipinski definition) is 2. The molecule has 5 heteroatoms. The molecular formula is C32H45N3O2. The van der Waals surface area contributed by atoms with Crippen molar-refractivity contribution in [2.45, 2.75) is 96.1 Å². The Morgan fingerprint density at radius 1 is 0.811 bits per heavy atom. The molecule has 5 nitrogen and oxygen atoms in total. The number of pyridine rings is 1. The minimum absolute atomic E-state index is 0.0735. The van der Waals surface area contributed by atoms with Crippen molar-refractivity contribution in [3.05, 3.63) is 90.9 Å². The van der Waals surface area contributed by atoms with Crippen LogP contribution in [0.25, 0.3) is 0 Å². The van der Waals surface area contributed by atoms with Crippen molar-refractivity contribution in [2.75, 3.05) is 0 Å². The number of carbonyl (C=O) groups is 2. The first kappa shape index (κ1) is 30.0. The Hall–Kier alpha value is -3.21. The zero-order chi connectivity index (χ0) is 26.4. The summed E-state index contributed by atoms with van der Waals surface area (Å²) in [5.74, 6) is 0.0610. The molecule has 0 unspecified atom stereocenters. The van der Waals surface area contributed by atoms with Gasteiger partial charge in [-0.25, -0.2) is 0 Å². The van der Waals surface area contributed by atoms with Crippen molar-refractivity contribution in [3.8, 4) is 0 Å². The molecule has 37 heavy (non-hydrogen) atoms. The highest BCUT2D eigenvalue weighted by atomic mass is 16.2. The molecule has 1 aromatic rings. The van der Waals surface area contributed by atoms with Crippen molar-refractivity contribution in [1.82, 2.24) is 15.6 Å². The van der Waals surface area contributed by atoms with E-state index in [1.165, 1.54) is 0 Å². The Kier molecular flexibility index (Phi) is 16.2. The van der Waals surface area contributed by atoms with Crippen LogP contribution in [0, 0.1) is 0 Å². The van der Waals surface area contributed by atoms with Gasteiger partial charge in [-0.1, -0.05) is 67.7 Å². The van der Waals surface area contributed by atoms with Gasteiger partial charge in [0.1, 0.15) is 0 Å². The van der Waals surface area contributed by atoms with Crippen LogP contribution in [-0.2, 0) is 4.79 Å². The summed E-state index contributed by atoms with van der Waals surface area (Å²) in [5, 5.41) is 6.25. The number of carbonyl (C=O) groups excluding carboxylic acids is 2. The fourth-order valence-electron chi connectivity index (χ4n) is 4.20. The highest BCUT2D eigenvalue weighted by Gasteiger charge is 2.23. The molecule has 0 radical (unpaired) electrons. The van der Waals surface area contributed by atoms with E-state index in [1.54, 1.807) is 24.5 Å². The minimum atomic E-state index is -0.0735. The van der Waals surface area contributed by atoms with Gasteiger partial charge in [0, 0.05) is 30.9 Å². The summed E-state index contributed by atoms with van der Waals surface area (Å²) in [4.78, 5) is 28.5. The summed E-state index contributed by atoms with van der Waals surface area (Å²) in [6.07, 6.45) is 36.1. The second-order valence-corrected chi connectivity index (χ2v) is 9.43. The van der Waals surface area contributed by atoms with Gasteiger partial charge in [-0.3, -0.25) is 14.6 Å². The number of nitrogens with zero attached hydrogens (tertiary/aromatic N) is 1. The van der Waals surface area contributed by atoms with E-state index in [0.29, 0.717) is 12.0 Å². The smallest absolute Gasteiger partial charge is 0.253 e. The lowest BCUT2D eigenvalue weighted by Crippen LogP contribution is -2.43. The van der Waals surface area contributed by atoms with E-state index >= 15 is 0 Å². The van der Waals surface area contributed by atoms with Gasteiger partial charge in [0.05, 0.1) is 5.56 Å². The molecule has 2 N–H and O–H groups in total. The molecule has 0 saturated heterocycles. The van der Waals surface area contributed by atoms with Gasteiger partial charge in [0.25, 0.3) is 5.91 Å². The zero-order valence-electron chi connectivity index (χ0n) is 22.5. The molecule has 2 rings (SSSR count). The molecular weight excluding hydrogens is 458 g/mol. The third-order valence-corrected chi connectivity index (χ3v) is 6.28. The molecule has 0 aromatic carbocycles. The number of unbranched alkanes of at least 4 members (excludes halogenated alkanes) is 1. The molecule has 0 spiro atoms. The predicted octanol–water partition coefficient (Wildman–Crippen LogP) is 7.16. The van der Waals surface area contributed by atoms with Gasteiger partial charge in [0.2, 0.25) is 5.91 Å². The lowest BCUT2D eigenvalue weighted by molar-refractivity contribution is -0.122. The third-order valence-electron chi connectivity index (χ3n) is 6.28. The Bertz CT molecular complexity index is 907. The van der Waals surface area contributed by atoms with Gasteiger partial charge in [-0.05, 0) is 82.8 Å². The third kappa shape index (κ3) is 14.8. The lowest BCUT2D eigenvalue weighted by atomic mass is 9.91. The number of amides is 2. The fraction of sp³-hybridized carbons (Fsp3) is 0.469. The molecule has 1 fully saturated rings. The zero-order valence-corrected chi connectivity index (χ0v) is 22.5. The number of hydrogen-bond acceptors (Lipinski definition) is 3. The molecule has 0 atom stereocenters. The van der Waals surface area contributed by atoms with Crippen LogP contribution in [0.15, 0.2) is 85.3 Å². The normalized spacial score (nSPS) is 18.5. The van der Waals surface area contributed by atoms with Crippen molar-refractivity contribution in [1.29, 1.82) is 0 Å². The molecule has 1 heterocycles. The lowest BCUT2D eigenvalue weighted by Gasteiger charge is -2.29. The second kappa shape index (κ2) is 19.9. The molecule has 0 bridgehead atoms. The van der Waals surface area contributed by atoms with Crippen LogP contribution in [0.5, 0.6) is 0 Å². The van der Waals surface area contributed by atoms with E-state index < -0.39 is 0 Å². The van der Waals surface area contributed by atoms with E-state index in [9.17, 15) is 9.59 Å². The van der Waals surface area contributed by atoms with Gasteiger partial charge in [-0.15, -0.1) is 0 Å².